The van der Waals surface area contributed by atoms with E-state index in [1.165, 1.54) is 0 Å². The number of fused-ring (bicyclic) bond motifs is 1. The van der Waals surface area contributed by atoms with E-state index in [2.05, 4.69) is 26.9 Å². The zero-order valence-corrected chi connectivity index (χ0v) is 14.7. The number of H-pyrrole nitrogens is 1. The van der Waals surface area contributed by atoms with Crippen LogP contribution in [0, 0.1) is 0 Å². The number of amides is 2. The number of nitrogens with one attached hydrogen (secondary N) is 3. The molecule has 0 spiro atoms. The standard InChI is InChI=1S/C17H22ClN5O/c1-3-23(4-2)17(24)20-12-8-11(9-19-10-12)15-13-6-5-7-14(18)16(13)22-21-15/h5-8,12,19H,3-4,9-10H2,1-2H3,(H,20,24)(H,21,22)/t12-/m0/s1. The Balaban J connectivity index is 1.84. The van der Waals surface area contributed by atoms with Gasteiger partial charge in [0, 0.05) is 31.6 Å². The molecule has 0 radical (unpaired) electrons. The molecule has 1 aromatic carbocycles. The van der Waals surface area contributed by atoms with Gasteiger partial charge in [-0.1, -0.05) is 29.8 Å². The Morgan fingerprint density at radius 1 is 1.42 bits per heavy atom. The molecule has 3 rings (SSSR count). The van der Waals surface area contributed by atoms with Crippen molar-refractivity contribution in [2.75, 3.05) is 26.2 Å². The highest BCUT2D eigenvalue weighted by molar-refractivity contribution is 6.35. The Morgan fingerprint density at radius 2 is 2.21 bits per heavy atom. The molecule has 128 valence electrons. The van der Waals surface area contributed by atoms with Crippen LogP contribution >= 0.6 is 11.6 Å². The minimum Gasteiger partial charge on any atom is -0.330 e. The van der Waals surface area contributed by atoms with E-state index in [-0.39, 0.29) is 12.1 Å². The van der Waals surface area contributed by atoms with Crippen LogP contribution in [0.4, 0.5) is 4.79 Å². The molecular formula is C17H22ClN5O. The van der Waals surface area contributed by atoms with Gasteiger partial charge in [-0.15, -0.1) is 0 Å². The lowest BCUT2D eigenvalue weighted by Crippen LogP contribution is -2.49. The molecule has 0 bridgehead atoms. The smallest absolute Gasteiger partial charge is 0.317 e. The van der Waals surface area contributed by atoms with Crippen LogP contribution in [0.1, 0.15) is 19.5 Å². The van der Waals surface area contributed by atoms with Gasteiger partial charge in [-0.05, 0) is 25.5 Å². The molecule has 24 heavy (non-hydrogen) atoms. The van der Waals surface area contributed by atoms with Crippen molar-refractivity contribution in [2.24, 2.45) is 0 Å². The molecular weight excluding hydrogens is 326 g/mol. The van der Waals surface area contributed by atoms with Crippen LogP contribution < -0.4 is 10.6 Å². The molecule has 7 heteroatoms. The SMILES string of the molecule is CCN(CC)C(=O)N[C@H]1C=C(c2[nH]nc3c(Cl)cccc23)CNC1. The summed E-state index contributed by atoms with van der Waals surface area (Å²) in [6.07, 6.45) is 2.09. The first-order valence-electron chi connectivity index (χ1n) is 8.23. The van der Waals surface area contributed by atoms with E-state index in [0.717, 1.165) is 28.7 Å². The minimum atomic E-state index is -0.0561. The zero-order chi connectivity index (χ0) is 17.1. The van der Waals surface area contributed by atoms with Crippen LogP contribution in [-0.4, -0.2) is 53.3 Å². The predicted octanol–water partition coefficient (Wildman–Crippen LogP) is 2.62. The number of hydrogen-bond donors (Lipinski definition) is 3. The van der Waals surface area contributed by atoms with Crippen molar-refractivity contribution in [2.45, 2.75) is 19.9 Å². The summed E-state index contributed by atoms with van der Waals surface area (Å²) < 4.78 is 0. The fraction of sp³-hybridized carbons (Fsp3) is 0.412. The fourth-order valence-electron chi connectivity index (χ4n) is 3.00. The Morgan fingerprint density at radius 3 is 2.96 bits per heavy atom. The normalized spacial score (nSPS) is 17.6. The van der Waals surface area contributed by atoms with Crippen molar-refractivity contribution in [3.8, 4) is 0 Å². The highest BCUT2D eigenvalue weighted by Crippen LogP contribution is 2.28. The summed E-state index contributed by atoms with van der Waals surface area (Å²) in [5, 5.41) is 15.4. The Labute approximate surface area is 146 Å². The van der Waals surface area contributed by atoms with Gasteiger partial charge in [0.1, 0.15) is 5.52 Å². The summed E-state index contributed by atoms with van der Waals surface area (Å²) in [5.41, 5.74) is 2.79. The number of aromatic nitrogens is 2. The third-order valence-electron chi connectivity index (χ3n) is 4.30. The number of carbonyl (C=O) groups excluding carboxylic acids is 1. The van der Waals surface area contributed by atoms with E-state index in [1.807, 2.05) is 32.0 Å². The van der Waals surface area contributed by atoms with Crippen molar-refractivity contribution < 1.29 is 4.79 Å². The van der Waals surface area contributed by atoms with E-state index in [1.54, 1.807) is 4.90 Å². The summed E-state index contributed by atoms with van der Waals surface area (Å²) in [7, 11) is 0. The van der Waals surface area contributed by atoms with Crippen molar-refractivity contribution >= 4 is 34.1 Å². The Kier molecular flexibility index (Phi) is 5.06. The van der Waals surface area contributed by atoms with Crippen LogP contribution in [0.3, 0.4) is 0 Å². The van der Waals surface area contributed by atoms with Gasteiger partial charge in [0.25, 0.3) is 0 Å². The van der Waals surface area contributed by atoms with Crippen LogP contribution in [0.25, 0.3) is 16.5 Å². The maximum absolute atomic E-state index is 12.2. The van der Waals surface area contributed by atoms with Gasteiger partial charge in [0.2, 0.25) is 0 Å². The van der Waals surface area contributed by atoms with Gasteiger partial charge >= 0.3 is 6.03 Å². The molecule has 1 aromatic heterocycles. The molecule has 2 amide bonds. The number of halogens is 1. The molecule has 0 saturated heterocycles. The van der Waals surface area contributed by atoms with Crippen molar-refractivity contribution in [3.63, 3.8) is 0 Å². The molecule has 6 nitrogen and oxygen atoms in total. The molecule has 0 aliphatic carbocycles. The second-order valence-corrected chi connectivity index (χ2v) is 6.19. The van der Waals surface area contributed by atoms with E-state index < -0.39 is 0 Å². The average Bonchev–Trinajstić information content (AvgIpc) is 3.02. The highest BCUT2D eigenvalue weighted by Gasteiger charge is 2.20. The van der Waals surface area contributed by atoms with Crippen molar-refractivity contribution in [3.05, 3.63) is 35.0 Å². The third-order valence-corrected chi connectivity index (χ3v) is 4.60. The molecule has 1 aliphatic rings. The molecule has 2 aromatic rings. The lowest BCUT2D eigenvalue weighted by molar-refractivity contribution is 0.200. The van der Waals surface area contributed by atoms with E-state index in [4.69, 9.17) is 11.6 Å². The topological polar surface area (TPSA) is 73.0 Å². The number of nitrogens with zero attached hydrogens (tertiary/aromatic N) is 2. The summed E-state index contributed by atoms with van der Waals surface area (Å²) in [6, 6.07) is 5.65. The largest absolute Gasteiger partial charge is 0.330 e. The number of carbonyl (C=O) groups is 1. The van der Waals surface area contributed by atoms with E-state index >= 15 is 0 Å². The molecule has 0 unspecified atom stereocenters. The lowest BCUT2D eigenvalue weighted by atomic mass is 10.0. The lowest BCUT2D eigenvalue weighted by Gasteiger charge is -2.26. The zero-order valence-electron chi connectivity index (χ0n) is 13.9. The van der Waals surface area contributed by atoms with Gasteiger partial charge in [0.15, 0.2) is 0 Å². The van der Waals surface area contributed by atoms with E-state index in [0.29, 0.717) is 24.7 Å². The van der Waals surface area contributed by atoms with Gasteiger partial charge in [-0.2, -0.15) is 5.10 Å². The number of para-hydroxylation sites is 1. The van der Waals surface area contributed by atoms with Crippen molar-refractivity contribution in [1.29, 1.82) is 0 Å². The van der Waals surface area contributed by atoms with Gasteiger partial charge < -0.3 is 15.5 Å². The van der Waals surface area contributed by atoms with Crippen molar-refractivity contribution in [1.82, 2.24) is 25.7 Å². The average molecular weight is 348 g/mol. The molecule has 1 aliphatic heterocycles. The Hall–Kier alpha value is -2.05. The fourth-order valence-corrected chi connectivity index (χ4v) is 3.21. The monoisotopic (exact) mass is 347 g/mol. The second-order valence-electron chi connectivity index (χ2n) is 5.79. The van der Waals surface area contributed by atoms with Crippen LogP contribution in [-0.2, 0) is 0 Å². The molecule has 1 atom stereocenters. The summed E-state index contributed by atoms with van der Waals surface area (Å²) in [5.74, 6) is 0. The summed E-state index contributed by atoms with van der Waals surface area (Å²) >= 11 is 6.19. The predicted molar refractivity (Wildman–Crippen MR) is 97.2 cm³/mol. The number of hydrogen-bond acceptors (Lipinski definition) is 3. The number of rotatable bonds is 4. The van der Waals surface area contributed by atoms with E-state index in [9.17, 15) is 4.79 Å². The van der Waals surface area contributed by atoms with Crippen LogP contribution in [0.15, 0.2) is 24.3 Å². The maximum Gasteiger partial charge on any atom is 0.317 e. The highest BCUT2D eigenvalue weighted by atomic mass is 35.5. The molecule has 2 heterocycles. The number of aromatic amines is 1. The molecule has 0 saturated carbocycles. The number of urea groups is 1. The first-order chi connectivity index (χ1) is 11.6. The van der Waals surface area contributed by atoms with Crippen LogP contribution in [0.2, 0.25) is 5.02 Å². The van der Waals surface area contributed by atoms with Crippen LogP contribution in [0.5, 0.6) is 0 Å². The maximum atomic E-state index is 12.2. The molecule has 0 fully saturated rings. The molecule has 3 N–H and O–H groups in total. The summed E-state index contributed by atoms with van der Waals surface area (Å²) in [4.78, 5) is 14.0. The number of benzene rings is 1. The van der Waals surface area contributed by atoms with Gasteiger partial charge in [-0.25, -0.2) is 4.79 Å². The summed E-state index contributed by atoms with van der Waals surface area (Å²) in [6.45, 7) is 6.78. The second kappa shape index (κ2) is 7.23. The first kappa shape index (κ1) is 16.8. The third kappa shape index (κ3) is 3.25. The quantitative estimate of drug-likeness (QED) is 0.796. The Bertz CT molecular complexity index is 765. The minimum absolute atomic E-state index is 0.0400. The first-order valence-corrected chi connectivity index (χ1v) is 8.61. The van der Waals surface area contributed by atoms with Gasteiger partial charge in [-0.3, -0.25) is 5.10 Å². The van der Waals surface area contributed by atoms with Gasteiger partial charge in [0.05, 0.1) is 16.8 Å².